The monoisotopic (exact) mass is 1040 g/mol. The van der Waals surface area contributed by atoms with E-state index in [1.54, 1.807) is 9.80 Å². The second kappa shape index (κ2) is 30.6. The van der Waals surface area contributed by atoms with Gasteiger partial charge in [0, 0.05) is 106 Å². The van der Waals surface area contributed by atoms with Gasteiger partial charge < -0.3 is 55.0 Å². The van der Waals surface area contributed by atoms with Gasteiger partial charge in [0.25, 0.3) is 0 Å². The molecular weight excluding hydrogens is 968 g/mol. The predicted octanol–water partition coefficient (Wildman–Crippen LogP) is 3.95. The molecule has 74 heavy (non-hydrogen) atoms. The highest BCUT2D eigenvalue weighted by Gasteiger charge is 2.30. The van der Waals surface area contributed by atoms with Crippen LogP contribution in [0.5, 0.6) is 0 Å². The first-order chi connectivity index (χ1) is 36.0. The maximum absolute atomic E-state index is 14.5. The van der Waals surface area contributed by atoms with Crippen LogP contribution in [0.15, 0.2) is 72.8 Å². The Morgan fingerprint density at radius 3 is 1.88 bits per heavy atom. The number of aromatic amines is 1. The van der Waals surface area contributed by atoms with Gasteiger partial charge in [-0.25, -0.2) is 4.68 Å². The van der Waals surface area contributed by atoms with E-state index in [0.29, 0.717) is 44.0 Å². The number of para-hydroxylation sites is 1. The van der Waals surface area contributed by atoms with Crippen LogP contribution in [0.3, 0.4) is 0 Å². The molecule has 1 aliphatic rings. The lowest BCUT2D eigenvalue weighted by molar-refractivity contribution is -0.134. The van der Waals surface area contributed by atoms with Gasteiger partial charge in [0.2, 0.25) is 35.4 Å². The topological polar surface area (TPSA) is 240 Å². The van der Waals surface area contributed by atoms with E-state index in [-0.39, 0.29) is 134 Å². The Hall–Kier alpha value is -6.57. The molecule has 3 aromatic carbocycles. The number of amides is 6. The van der Waals surface area contributed by atoms with Gasteiger partial charge in [-0.05, 0) is 61.6 Å². The molecule has 2 aromatic heterocycles. The second-order valence-electron chi connectivity index (χ2n) is 17.8. The minimum atomic E-state index is -0.237. The first-order valence-corrected chi connectivity index (χ1v) is 26.0. The van der Waals surface area contributed by atoms with Crippen LogP contribution < -0.4 is 31.6 Å². The lowest BCUT2D eigenvalue weighted by Crippen LogP contribution is -2.38. The number of unbranched alkanes of at least 4 members (excludes halogenated alkanes) is 2. The van der Waals surface area contributed by atoms with E-state index in [1.807, 2.05) is 65.3 Å². The molecule has 398 valence electrons. The fraction of sp³-hybridized carbons (Fsp3) is 0.472. The summed E-state index contributed by atoms with van der Waals surface area (Å²) < 4.78 is 24.7. The van der Waals surface area contributed by atoms with Crippen molar-refractivity contribution in [2.45, 2.75) is 71.8 Å². The van der Waals surface area contributed by atoms with Gasteiger partial charge in [0.15, 0.2) is 0 Å². The van der Waals surface area contributed by atoms with Crippen molar-refractivity contribution in [1.82, 2.24) is 46.1 Å². The van der Waals surface area contributed by atoms with Crippen LogP contribution in [0.1, 0.15) is 70.8 Å². The van der Waals surface area contributed by atoms with Crippen LogP contribution in [-0.4, -0.2) is 152 Å². The molecule has 5 aromatic rings. The van der Waals surface area contributed by atoms with Crippen molar-refractivity contribution >= 4 is 66.7 Å². The summed E-state index contributed by atoms with van der Waals surface area (Å²) in [5, 5.41) is 21.6. The lowest BCUT2D eigenvalue weighted by atomic mass is 9.95. The average molecular weight is 1040 g/mol. The molecule has 5 N–H and O–H groups in total. The quantitative estimate of drug-likeness (QED) is 0.0304. The summed E-state index contributed by atoms with van der Waals surface area (Å²) in [5.74, 6) is -0.866. The van der Waals surface area contributed by atoms with Crippen molar-refractivity contribution in [3.8, 4) is 28.2 Å². The zero-order valence-electron chi connectivity index (χ0n) is 42.6. The SMILES string of the molecule is CC(=O)NCCCCCNC(=O)CCOCCOCCN(CCOCCOCCC(=O)NCCCNC(C)=O)C(=O)CCC(=O)N1Cc2ccccc2-c2c(nnn2-c2ccc3[nH]c(P)cc3c2)-c2ccccc21. The van der Waals surface area contributed by atoms with E-state index in [9.17, 15) is 28.8 Å². The molecule has 0 radical (unpaired) electrons. The Bertz CT molecular complexity index is 2640. The summed E-state index contributed by atoms with van der Waals surface area (Å²) >= 11 is 0. The van der Waals surface area contributed by atoms with Gasteiger partial charge in [-0.1, -0.05) is 56.9 Å². The van der Waals surface area contributed by atoms with E-state index >= 15 is 0 Å². The number of carbonyl (C=O) groups is 6. The molecule has 0 saturated carbocycles. The van der Waals surface area contributed by atoms with Crippen LogP contribution >= 0.6 is 9.24 Å². The third-order valence-electron chi connectivity index (χ3n) is 12.1. The maximum atomic E-state index is 14.5. The standard InChI is InChI=1S/C53H71N10O10P/c1-38(64)54-21-8-3-9-22-56-47(66)19-27-70-31-33-72-29-25-61(26-30-73-34-32-71-28-20-48(67)57-24-10-23-55-39(2)65)50(68)17-18-51(69)62-37-40-11-4-5-12-43(40)53-52(44-13-6-7-14-46(44)62)59-60-63(53)42-15-16-45-41(35-42)36-49(74)58-45/h4-7,11-16,35-36,58H,3,8-10,17-34,37,74H2,1-2H3,(H,54,64)(H,55,65)(H,56,66)(H,57,67). The van der Waals surface area contributed by atoms with Crippen molar-refractivity contribution in [2.24, 2.45) is 0 Å². The van der Waals surface area contributed by atoms with Crippen molar-refractivity contribution in [3.05, 3.63) is 78.4 Å². The fourth-order valence-electron chi connectivity index (χ4n) is 8.30. The van der Waals surface area contributed by atoms with Crippen LogP contribution in [0.4, 0.5) is 5.69 Å². The number of fused-ring (bicyclic) bond motifs is 6. The van der Waals surface area contributed by atoms with Crippen molar-refractivity contribution in [3.63, 3.8) is 0 Å². The van der Waals surface area contributed by atoms with Crippen molar-refractivity contribution < 1.29 is 47.7 Å². The Labute approximate surface area is 434 Å². The maximum Gasteiger partial charge on any atom is 0.227 e. The van der Waals surface area contributed by atoms with Gasteiger partial charge in [0.05, 0.1) is 70.8 Å². The highest BCUT2D eigenvalue weighted by Crippen LogP contribution is 2.42. The van der Waals surface area contributed by atoms with Crippen LogP contribution in [0, 0.1) is 0 Å². The molecule has 0 spiro atoms. The van der Waals surface area contributed by atoms with Gasteiger partial charge in [0.1, 0.15) is 11.4 Å². The van der Waals surface area contributed by atoms with Crippen LogP contribution in [0.2, 0.25) is 0 Å². The summed E-state index contributed by atoms with van der Waals surface area (Å²) in [4.78, 5) is 81.4. The van der Waals surface area contributed by atoms with Crippen molar-refractivity contribution in [2.75, 3.05) is 97.0 Å². The Kier molecular flexibility index (Phi) is 23.4. The van der Waals surface area contributed by atoms with Gasteiger partial charge in [-0.3, -0.25) is 28.8 Å². The summed E-state index contributed by atoms with van der Waals surface area (Å²) in [7, 11) is 2.70. The molecule has 6 amide bonds. The normalized spacial score (nSPS) is 11.7. The molecule has 1 aliphatic heterocycles. The highest BCUT2D eigenvalue weighted by molar-refractivity contribution is 7.27. The third-order valence-corrected chi connectivity index (χ3v) is 12.4. The number of anilines is 1. The molecule has 0 fully saturated rings. The average Bonchev–Trinajstić information content (AvgIpc) is 3.99. The second-order valence-corrected chi connectivity index (χ2v) is 18.4. The van der Waals surface area contributed by atoms with Gasteiger partial charge >= 0.3 is 0 Å². The van der Waals surface area contributed by atoms with E-state index in [4.69, 9.17) is 24.0 Å². The number of ether oxygens (including phenoxy) is 4. The molecule has 0 bridgehead atoms. The summed E-state index contributed by atoms with van der Waals surface area (Å²) in [6.45, 7) is 7.71. The number of nitrogens with zero attached hydrogens (tertiary/aromatic N) is 5. The molecular formula is C53H71N10O10P. The number of aromatic nitrogens is 4. The number of nitrogens with one attached hydrogen (secondary N) is 5. The zero-order valence-corrected chi connectivity index (χ0v) is 43.7. The third kappa shape index (κ3) is 18.1. The van der Waals surface area contributed by atoms with Crippen LogP contribution in [-0.2, 0) is 54.3 Å². The van der Waals surface area contributed by atoms with Gasteiger partial charge in [-0.15, -0.1) is 5.10 Å². The number of carbonyl (C=O) groups excluding carboxylic acids is 6. The predicted molar refractivity (Wildman–Crippen MR) is 285 cm³/mol. The van der Waals surface area contributed by atoms with Crippen LogP contribution in [0.25, 0.3) is 39.1 Å². The summed E-state index contributed by atoms with van der Waals surface area (Å²) in [6, 6.07) is 23.7. The lowest BCUT2D eigenvalue weighted by Gasteiger charge is -2.29. The number of H-pyrrole nitrogens is 1. The van der Waals surface area contributed by atoms with E-state index in [1.165, 1.54) is 13.8 Å². The first-order valence-electron chi connectivity index (χ1n) is 25.4. The molecule has 6 rings (SSSR count). The Morgan fingerprint density at radius 2 is 1.22 bits per heavy atom. The van der Waals surface area contributed by atoms with E-state index in [0.717, 1.165) is 63.7 Å². The minimum Gasteiger partial charge on any atom is -0.379 e. The molecule has 0 aliphatic carbocycles. The highest BCUT2D eigenvalue weighted by atomic mass is 31.0. The summed E-state index contributed by atoms with van der Waals surface area (Å²) in [5.41, 5.74) is 7.47. The molecule has 0 saturated heterocycles. The first kappa shape index (κ1) is 56.7. The number of hydrogen-bond donors (Lipinski definition) is 5. The molecule has 20 nitrogen and oxygen atoms in total. The fourth-order valence-corrected chi connectivity index (χ4v) is 8.64. The smallest absolute Gasteiger partial charge is 0.227 e. The molecule has 21 heteroatoms. The number of benzene rings is 3. The Balaban J connectivity index is 1.01. The molecule has 1 atom stereocenters. The van der Waals surface area contributed by atoms with E-state index in [2.05, 4.69) is 52.8 Å². The number of hydrogen-bond acceptors (Lipinski definition) is 12. The zero-order chi connectivity index (χ0) is 52.5. The number of rotatable bonds is 32. The summed E-state index contributed by atoms with van der Waals surface area (Å²) in [6.07, 6.45) is 3.51. The van der Waals surface area contributed by atoms with E-state index < -0.39 is 0 Å². The van der Waals surface area contributed by atoms with Crippen molar-refractivity contribution in [1.29, 1.82) is 0 Å². The minimum absolute atomic E-state index is 0.0486. The molecule has 1 unspecified atom stereocenters. The van der Waals surface area contributed by atoms with Gasteiger partial charge in [-0.2, -0.15) is 0 Å². The Morgan fingerprint density at radius 1 is 0.635 bits per heavy atom. The molecule has 3 heterocycles. The largest absolute Gasteiger partial charge is 0.379 e.